The fraction of sp³-hybridized carbons (Fsp3) is 0.364. The summed E-state index contributed by atoms with van der Waals surface area (Å²) >= 11 is 0. The highest BCUT2D eigenvalue weighted by molar-refractivity contribution is 6.30. The van der Waals surface area contributed by atoms with Gasteiger partial charge in [-0.05, 0) is 30.7 Å². The summed E-state index contributed by atoms with van der Waals surface area (Å²) < 4.78 is 15.8. The molecule has 0 amide bonds. The van der Waals surface area contributed by atoms with Crippen molar-refractivity contribution in [2.24, 2.45) is 0 Å². The lowest BCUT2D eigenvalue weighted by Gasteiger charge is -2.44. The summed E-state index contributed by atoms with van der Waals surface area (Å²) in [5, 5.41) is 60.3. The van der Waals surface area contributed by atoms with Crippen molar-refractivity contribution < 1.29 is 54.4 Å². The van der Waals surface area contributed by atoms with Crippen molar-refractivity contribution in [3.05, 3.63) is 52.1 Å². The number of ketones is 2. The number of ether oxygens (including phenoxy) is 3. The predicted octanol–water partition coefficient (Wildman–Crippen LogP) is -1.02. The molecule has 0 radical (unpaired) electrons. The molecular weight excluding hydrogens is 440 g/mol. The first-order valence-corrected chi connectivity index (χ1v) is 9.89. The van der Waals surface area contributed by atoms with Gasteiger partial charge in [0.1, 0.15) is 35.6 Å². The van der Waals surface area contributed by atoms with Crippen LogP contribution in [0.15, 0.2) is 24.3 Å². The number of benzene rings is 2. The van der Waals surface area contributed by atoms with E-state index in [0.29, 0.717) is 5.56 Å². The molecule has 0 aromatic heterocycles. The highest BCUT2D eigenvalue weighted by Gasteiger charge is 2.54. The Kier molecular flexibility index (Phi) is 5.65. The van der Waals surface area contributed by atoms with E-state index in [1.54, 1.807) is 6.92 Å². The standard InChI is InChI=1S/C22H22O11/c1-8-3-10-14(12(24)4-8)17(26)15-11(16(10)25)5-9(31-2)6-13(15)32-21-19(28)18(27)20(29)22(30,7-23)33-21/h3-6,18-21,23-24,27-30H,7H2,1-2H3/t18-,19-,20+,21-,22-/m1/s1. The van der Waals surface area contributed by atoms with Gasteiger partial charge in [0, 0.05) is 17.2 Å². The minimum absolute atomic E-state index is 0.00801. The van der Waals surface area contributed by atoms with Crippen LogP contribution in [0.3, 0.4) is 0 Å². The number of phenolic OH excluding ortho intramolecular Hbond substituents is 1. The number of hydrogen-bond donors (Lipinski definition) is 6. The van der Waals surface area contributed by atoms with Crippen molar-refractivity contribution in [3.8, 4) is 17.2 Å². The van der Waals surface area contributed by atoms with E-state index in [0.717, 1.165) is 0 Å². The van der Waals surface area contributed by atoms with Gasteiger partial charge in [-0.2, -0.15) is 0 Å². The van der Waals surface area contributed by atoms with Gasteiger partial charge in [0.2, 0.25) is 17.9 Å². The first kappa shape index (κ1) is 23.1. The first-order chi connectivity index (χ1) is 15.5. The number of fused-ring (bicyclic) bond motifs is 2. The monoisotopic (exact) mass is 462 g/mol. The highest BCUT2D eigenvalue weighted by atomic mass is 16.8. The number of aromatic hydroxyl groups is 1. The summed E-state index contributed by atoms with van der Waals surface area (Å²) in [4.78, 5) is 26.5. The minimum atomic E-state index is -2.68. The Balaban J connectivity index is 1.83. The van der Waals surface area contributed by atoms with Gasteiger partial charge in [-0.15, -0.1) is 0 Å². The second-order valence-corrected chi connectivity index (χ2v) is 7.95. The summed E-state index contributed by atoms with van der Waals surface area (Å²) in [6.07, 6.45) is -7.82. The summed E-state index contributed by atoms with van der Waals surface area (Å²) in [7, 11) is 1.31. The lowest BCUT2D eigenvalue weighted by atomic mass is 9.82. The summed E-state index contributed by atoms with van der Waals surface area (Å²) in [5.41, 5.74) is -0.0526. The molecule has 11 nitrogen and oxygen atoms in total. The highest BCUT2D eigenvalue weighted by Crippen LogP contribution is 2.41. The average molecular weight is 462 g/mol. The molecule has 0 spiro atoms. The Morgan fingerprint density at radius 1 is 1.00 bits per heavy atom. The number of aliphatic hydroxyl groups excluding tert-OH is 4. The Hall–Kier alpha value is -3.06. The van der Waals surface area contributed by atoms with Gasteiger partial charge in [0.15, 0.2) is 5.78 Å². The number of phenols is 1. The van der Waals surface area contributed by atoms with E-state index in [4.69, 9.17) is 14.2 Å². The molecular formula is C22H22O11. The Labute approximate surface area is 187 Å². The van der Waals surface area contributed by atoms with E-state index < -0.39 is 54.3 Å². The zero-order valence-electron chi connectivity index (χ0n) is 17.6. The SMILES string of the molecule is COc1cc(O[C@@H]2O[C@](O)(CO)[C@@H](O)[C@H](O)[C@H]2O)c2c(c1)C(=O)c1cc(C)cc(O)c1C2=O. The second-order valence-electron chi connectivity index (χ2n) is 7.95. The molecule has 1 aliphatic carbocycles. The molecule has 5 atom stereocenters. The van der Waals surface area contributed by atoms with E-state index >= 15 is 0 Å². The van der Waals surface area contributed by atoms with Crippen LogP contribution in [0, 0.1) is 6.92 Å². The van der Waals surface area contributed by atoms with E-state index in [9.17, 15) is 40.2 Å². The lowest BCUT2D eigenvalue weighted by molar-refractivity contribution is -0.384. The lowest BCUT2D eigenvalue weighted by Crippen LogP contribution is -2.67. The van der Waals surface area contributed by atoms with Crippen LogP contribution in [-0.4, -0.2) is 86.3 Å². The van der Waals surface area contributed by atoms with Gasteiger partial charge in [-0.3, -0.25) is 9.59 Å². The molecule has 1 heterocycles. The van der Waals surface area contributed by atoms with Crippen molar-refractivity contribution in [2.45, 2.75) is 37.3 Å². The molecule has 11 heteroatoms. The van der Waals surface area contributed by atoms with Crippen LogP contribution >= 0.6 is 0 Å². The number of hydrogen-bond acceptors (Lipinski definition) is 11. The number of carbonyl (C=O) groups is 2. The summed E-state index contributed by atoms with van der Waals surface area (Å²) in [6.45, 7) is 0.503. The maximum Gasteiger partial charge on any atom is 0.231 e. The van der Waals surface area contributed by atoms with Crippen molar-refractivity contribution in [1.29, 1.82) is 0 Å². The Bertz CT molecular complexity index is 1140. The molecule has 1 aliphatic heterocycles. The topological polar surface area (TPSA) is 183 Å². The van der Waals surface area contributed by atoms with Crippen LogP contribution in [0.25, 0.3) is 0 Å². The molecule has 0 saturated carbocycles. The molecule has 2 aromatic rings. The number of aliphatic hydroxyl groups is 5. The van der Waals surface area contributed by atoms with Crippen LogP contribution in [-0.2, 0) is 4.74 Å². The number of rotatable bonds is 4. The van der Waals surface area contributed by atoms with Gasteiger partial charge in [-0.1, -0.05) is 0 Å². The van der Waals surface area contributed by atoms with Crippen molar-refractivity contribution in [2.75, 3.05) is 13.7 Å². The normalized spacial score (nSPS) is 28.8. The van der Waals surface area contributed by atoms with E-state index in [-0.39, 0.29) is 33.8 Å². The fourth-order valence-corrected chi connectivity index (χ4v) is 3.97. The second kappa shape index (κ2) is 8.06. The molecule has 2 aliphatic rings. The van der Waals surface area contributed by atoms with E-state index in [2.05, 4.69) is 0 Å². The maximum absolute atomic E-state index is 13.3. The van der Waals surface area contributed by atoms with Crippen LogP contribution in [0.1, 0.15) is 37.4 Å². The molecule has 1 fully saturated rings. The minimum Gasteiger partial charge on any atom is -0.507 e. The molecule has 6 N–H and O–H groups in total. The largest absolute Gasteiger partial charge is 0.507 e. The Morgan fingerprint density at radius 3 is 2.30 bits per heavy atom. The molecule has 0 unspecified atom stereocenters. The summed E-state index contributed by atoms with van der Waals surface area (Å²) in [5.74, 6) is -4.63. The number of aryl methyl sites for hydroxylation is 1. The fourth-order valence-electron chi connectivity index (χ4n) is 3.97. The third-order valence-corrected chi connectivity index (χ3v) is 5.72. The van der Waals surface area contributed by atoms with Crippen LogP contribution in [0.2, 0.25) is 0 Å². The maximum atomic E-state index is 13.3. The van der Waals surface area contributed by atoms with Gasteiger partial charge in [-0.25, -0.2) is 0 Å². The average Bonchev–Trinajstić information content (AvgIpc) is 2.78. The molecule has 2 aromatic carbocycles. The van der Waals surface area contributed by atoms with Crippen molar-refractivity contribution in [1.82, 2.24) is 0 Å². The Morgan fingerprint density at radius 2 is 1.67 bits per heavy atom. The zero-order chi connectivity index (χ0) is 24.2. The van der Waals surface area contributed by atoms with E-state index in [1.165, 1.54) is 31.4 Å². The van der Waals surface area contributed by atoms with Gasteiger partial charge >= 0.3 is 0 Å². The molecule has 176 valence electrons. The van der Waals surface area contributed by atoms with Crippen molar-refractivity contribution >= 4 is 11.6 Å². The zero-order valence-corrected chi connectivity index (χ0v) is 17.6. The van der Waals surface area contributed by atoms with Gasteiger partial charge in [0.05, 0.1) is 24.8 Å². The van der Waals surface area contributed by atoms with Gasteiger partial charge < -0.3 is 44.8 Å². The van der Waals surface area contributed by atoms with Gasteiger partial charge in [0.25, 0.3) is 0 Å². The number of methoxy groups -OCH3 is 1. The van der Waals surface area contributed by atoms with Crippen LogP contribution in [0.5, 0.6) is 17.2 Å². The molecule has 0 bridgehead atoms. The molecule has 4 rings (SSSR count). The third-order valence-electron chi connectivity index (χ3n) is 5.72. The quantitative estimate of drug-likeness (QED) is 0.279. The summed E-state index contributed by atoms with van der Waals surface area (Å²) in [6, 6.07) is 5.31. The van der Waals surface area contributed by atoms with E-state index in [1.807, 2.05) is 0 Å². The number of carbonyl (C=O) groups excluding carboxylic acids is 2. The smallest absolute Gasteiger partial charge is 0.231 e. The third kappa shape index (κ3) is 3.55. The predicted molar refractivity (Wildman–Crippen MR) is 108 cm³/mol. The first-order valence-electron chi connectivity index (χ1n) is 9.89. The van der Waals surface area contributed by atoms with Crippen molar-refractivity contribution in [3.63, 3.8) is 0 Å². The molecule has 33 heavy (non-hydrogen) atoms. The van der Waals surface area contributed by atoms with Crippen LogP contribution < -0.4 is 9.47 Å². The molecule has 1 saturated heterocycles. The van der Waals surface area contributed by atoms with Crippen LogP contribution in [0.4, 0.5) is 0 Å².